The smallest absolute Gasteiger partial charge is 0.381 e. The molecular weight excluding hydrogens is 495 g/mol. The molecule has 2 fully saturated rings. The van der Waals surface area contributed by atoms with Crippen LogP contribution in [0.5, 0.6) is 0 Å². The second-order valence-corrected chi connectivity index (χ2v) is 10.6. The van der Waals surface area contributed by atoms with Gasteiger partial charge in [0.15, 0.2) is 0 Å². The molecule has 0 radical (unpaired) electrons. The number of aryl methyl sites for hydroxylation is 1. The van der Waals surface area contributed by atoms with Crippen molar-refractivity contribution >= 4 is 11.6 Å². The number of rotatable bonds is 7. The summed E-state index contributed by atoms with van der Waals surface area (Å²) in [5.41, 5.74) is 1.61. The van der Waals surface area contributed by atoms with E-state index in [2.05, 4.69) is 22.0 Å². The van der Waals surface area contributed by atoms with E-state index >= 15 is 0 Å². The summed E-state index contributed by atoms with van der Waals surface area (Å²) in [5.74, 6) is 0.506. The van der Waals surface area contributed by atoms with Crippen molar-refractivity contribution < 1.29 is 22.7 Å². The molecule has 3 aliphatic rings. The van der Waals surface area contributed by atoms with Crippen molar-refractivity contribution in [2.75, 3.05) is 37.7 Å². The van der Waals surface area contributed by atoms with Gasteiger partial charge >= 0.3 is 6.18 Å². The molecule has 38 heavy (non-hydrogen) atoms. The molecule has 1 aromatic heterocycles. The second-order valence-electron chi connectivity index (χ2n) is 10.6. The summed E-state index contributed by atoms with van der Waals surface area (Å²) in [5, 5.41) is 8.34. The topological polar surface area (TPSA) is 63.5 Å². The molecule has 6 rings (SSSR count). The Morgan fingerprint density at radius 2 is 1.95 bits per heavy atom. The van der Waals surface area contributed by atoms with Gasteiger partial charge in [0.1, 0.15) is 12.2 Å². The van der Waals surface area contributed by atoms with Gasteiger partial charge < -0.3 is 19.1 Å². The molecule has 1 amide bonds. The molecule has 2 saturated heterocycles. The molecule has 0 spiro atoms. The van der Waals surface area contributed by atoms with Gasteiger partial charge in [-0.2, -0.15) is 13.2 Å². The maximum atomic E-state index is 14.2. The molecular formula is C28H30F3N5O2. The van der Waals surface area contributed by atoms with Gasteiger partial charge in [0.25, 0.3) is 5.91 Å². The van der Waals surface area contributed by atoms with Crippen LogP contribution >= 0.6 is 0 Å². The zero-order valence-electron chi connectivity index (χ0n) is 21.4. The van der Waals surface area contributed by atoms with Crippen molar-refractivity contribution in [2.24, 2.45) is 13.0 Å². The quantitative estimate of drug-likeness (QED) is 0.452. The number of carbonyl (C=O) groups is 1. The summed E-state index contributed by atoms with van der Waals surface area (Å²) in [4.78, 5) is 17.3. The number of hydrogen-bond donors (Lipinski definition) is 0. The number of fused-ring (bicyclic) bond motifs is 1. The minimum atomic E-state index is -4.54. The molecule has 1 atom stereocenters. The molecule has 0 aliphatic carbocycles. The third kappa shape index (κ3) is 4.29. The van der Waals surface area contributed by atoms with Gasteiger partial charge in [-0.1, -0.05) is 19.1 Å². The number of halogens is 3. The Morgan fingerprint density at radius 1 is 1.16 bits per heavy atom. The molecule has 0 N–H and O–H groups in total. The molecule has 10 heteroatoms. The molecule has 200 valence electrons. The Kier molecular flexibility index (Phi) is 6.26. The van der Waals surface area contributed by atoms with E-state index in [1.54, 1.807) is 18.5 Å². The lowest BCUT2D eigenvalue weighted by atomic mass is 9.83. The number of likely N-dealkylation sites (tertiary alicyclic amines) is 1. The first-order chi connectivity index (χ1) is 18.2. The van der Waals surface area contributed by atoms with Crippen LogP contribution < -0.4 is 4.90 Å². The van der Waals surface area contributed by atoms with Crippen molar-refractivity contribution in [1.82, 2.24) is 19.7 Å². The van der Waals surface area contributed by atoms with E-state index in [1.807, 2.05) is 29.8 Å². The average molecular weight is 526 g/mol. The van der Waals surface area contributed by atoms with Crippen molar-refractivity contribution in [2.45, 2.75) is 37.9 Å². The average Bonchev–Trinajstić information content (AvgIpc) is 3.40. The maximum absolute atomic E-state index is 14.2. The van der Waals surface area contributed by atoms with Crippen LogP contribution in [-0.2, 0) is 24.5 Å². The van der Waals surface area contributed by atoms with Crippen LogP contribution in [0.1, 0.15) is 63.6 Å². The van der Waals surface area contributed by atoms with Gasteiger partial charge in [-0.15, -0.1) is 10.2 Å². The van der Waals surface area contributed by atoms with Crippen molar-refractivity contribution in [3.8, 4) is 0 Å². The van der Waals surface area contributed by atoms with Crippen molar-refractivity contribution in [1.29, 1.82) is 0 Å². The number of anilines is 1. The van der Waals surface area contributed by atoms with Crippen LogP contribution in [-0.4, -0.2) is 58.4 Å². The zero-order valence-corrected chi connectivity index (χ0v) is 21.4. The molecule has 3 aromatic rings. The predicted octanol–water partition coefficient (Wildman–Crippen LogP) is 4.58. The number of benzene rings is 2. The molecule has 2 aromatic carbocycles. The fourth-order valence-electron chi connectivity index (χ4n) is 5.95. The monoisotopic (exact) mass is 525 g/mol. The van der Waals surface area contributed by atoms with Gasteiger partial charge in [0.2, 0.25) is 0 Å². The second kappa shape index (κ2) is 9.50. The number of amides is 1. The Labute approximate surface area is 219 Å². The molecule has 4 heterocycles. The Morgan fingerprint density at radius 3 is 2.58 bits per heavy atom. The highest BCUT2D eigenvalue weighted by Crippen LogP contribution is 2.43. The lowest BCUT2D eigenvalue weighted by molar-refractivity contribution is -0.138. The number of carbonyl (C=O) groups excluding carboxylic acids is 1. The summed E-state index contributed by atoms with van der Waals surface area (Å²) in [6.07, 6.45) is -1.89. The normalized spacial score (nSPS) is 19.4. The summed E-state index contributed by atoms with van der Waals surface area (Å²) in [6, 6.07) is 10.4. The van der Waals surface area contributed by atoms with Crippen LogP contribution in [0.4, 0.5) is 18.9 Å². The number of ether oxygens (including phenoxy) is 1. The Balaban J connectivity index is 1.33. The minimum absolute atomic E-state index is 0.00924. The van der Waals surface area contributed by atoms with Gasteiger partial charge in [-0.3, -0.25) is 4.79 Å². The first-order valence-electron chi connectivity index (χ1n) is 13.0. The number of nitrogens with zero attached hydrogens (tertiary/aromatic N) is 5. The zero-order chi connectivity index (χ0) is 26.6. The van der Waals surface area contributed by atoms with Crippen molar-refractivity contribution in [3.63, 3.8) is 0 Å². The minimum Gasteiger partial charge on any atom is -0.381 e. The standard InChI is InChI=1S/C28H30F3N5O2/c1-3-7-35-11-19(12-35)18-9-22-23(24(10-18)28(29,30)31)13-36(27(22)37)21-6-4-5-17(8-21)25(20-14-38-15-20)26-33-32-16-34(26)2/h4-6,8-10,16,19-20,25H,3,7,11-15H2,1-2H3. The fraction of sp³-hybridized carbons (Fsp3) is 0.464. The summed E-state index contributed by atoms with van der Waals surface area (Å²) < 4.78 is 49.9. The first kappa shape index (κ1) is 25.1. The molecule has 1 unspecified atom stereocenters. The van der Waals surface area contributed by atoms with E-state index in [1.165, 1.54) is 11.0 Å². The van der Waals surface area contributed by atoms with Crippen LogP contribution in [0.2, 0.25) is 0 Å². The highest BCUT2D eigenvalue weighted by atomic mass is 19.4. The highest BCUT2D eigenvalue weighted by molar-refractivity contribution is 6.10. The summed E-state index contributed by atoms with van der Waals surface area (Å²) >= 11 is 0. The predicted molar refractivity (Wildman–Crippen MR) is 135 cm³/mol. The van der Waals surface area contributed by atoms with Crippen LogP contribution in [0.25, 0.3) is 0 Å². The first-order valence-corrected chi connectivity index (χ1v) is 13.0. The lowest BCUT2D eigenvalue weighted by Gasteiger charge is -2.39. The SMILES string of the molecule is CCCN1CC(c2cc3c(c(C(F)(F)F)c2)CN(c2cccc(C(c4nncn4C)C4COC4)c2)C3=O)C1. The molecule has 0 bridgehead atoms. The Hall–Kier alpha value is -3.24. The largest absolute Gasteiger partial charge is 0.416 e. The fourth-order valence-corrected chi connectivity index (χ4v) is 5.95. The maximum Gasteiger partial charge on any atom is 0.416 e. The third-order valence-electron chi connectivity index (χ3n) is 8.04. The van der Waals surface area contributed by atoms with E-state index in [0.29, 0.717) is 24.5 Å². The van der Waals surface area contributed by atoms with Gasteiger partial charge in [0, 0.05) is 43.2 Å². The number of hydrogen-bond acceptors (Lipinski definition) is 5. The number of aromatic nitrogens is 3. The molecule has 3 aliphatic heterocycles. The Bertz CT molecular complexity index is 1360. The van der Waals surface area contributed by atoms with Gasteiger partial charge in [-0.25, -0.2) is 0 Å². The van der Waals surface area contributed by atoms with Gasteiger partial charge in [-0.05, 0) is 53.9 Å². The summed E-state index contributed by atoms with van der Waals surface area (Å²) in [6.45, 7) is 5.52. The van der Waals surface area contributed by atoms with E-state index in [-0.39, 0.29) is 35.4 Å². The van der Waals surface area contributed by atoms with E-state index in [0.717, 1.165) is 37.4 Å². The summed E-state index contributed by atoms with van der Waals surface area (Å²) in [7, 11) is 1.88. The molecule has 7 nitrogen and oxygen atoms in total. The molecule has 0 saturated carbocycles. The third-order valence-corrected chi connectivity index (χ3v) is 8.04. The van der Waals surface area contributed by atoms with Crippen molar-refractivity contribution in [3.05, 3.63) is 76.4 Å². The van der Waals surface area contributed by atoms with Crippen LogP contribution in [0, 0.1) is 5.92 Å². The van der Waals surface area contributed by atoms with Crippen LogP contribution in [0.3, 0.4) is 0 Å². The highest BCUT2D eigenvalue weighted by Gasteiger charge is 2.42. The van der Waals surface area contributed by atoms with E-state index in [9.17, 15) is 18.0 Å². The van der Waals surface area contributed by atoms with Crippen LogP contribution in [0.15, 0.2) is 42.7 Å². The van der Waals surface area contributed by atoms with E-state index < -0.39 is 17.6 Å². The lowest BCUT2D eigenvalue weighted by Crippen LogP contribution is -2.45. The van der Waals surface area contributed by atoms with Gasteiger partial charge in [0.05, 0.1) is 31.2 Å². The number of alkyl halides is 3. The van der Waals surface area contributed by atoms with E-state index in [4.69, 9.17) is 4.74 Å².